The average Bonchev–Trinajstić information content (AvgIpc) is 3.35. The molecule has 3 unspecified atom stereocenters. The molecule has 2 saturated heterocycles. The van der Waals surface area contributed by atoms with E-state index in [1.54, 1.807) is 0 Å². The van der Waals surface area contributed by atoms with Crippen LogP contribution in [0.1, 0.15) is 45.6 Å². The lowest BCUT2D eigenvalue weighted by molar-refractivity contribution is 0.0992. The van der Waals surface area contributed by atoms with Gasteiger partial charge in [-0.3, -0.25) is 4.99 Å². The number of hydrogen-bond acceptors (Lipinski definition) is 4. The maximum absolute atomic E-state index is 5.95. The molecule has 6 nitrogen and oxygen atoms in total. The number of fused-ring (bicyclic) bond motifs is 3. The molecule has 1 aromatic carbocycles. The number of halogens is 1. The van der Waals surface area contributed by atoms with E-state index < -0.39 is 0 Å². The van der Waals surface area contributed by atoms with E-state index in [0.29, 0.717) is 31.6 Å². The van der Waals surface area contributed by atoms with E-state index in [2.05, 4.69) is 43.5 Å². The molecular weight excluding hydrogens is 457 g/mol. The van der Waals surface area contributed by atoms with E-state index in [9.17, 15) is 0 Å². The summed E-state index contributed by atoms with van der Waals surface area (Å²) in [5.74, 6) is 2.52. The van der Waals surface area contributed by atoms with Crippen molar-refractivity contribution < 1.29 is 14.2 Å². The molecule has 0 saturated carbocycles. The molecule has 2 fully saturated rings. The fraction of sp³-hybridized carbons (Fsp3) is 0.650. The first-order chi connectivity index (χ1) is 12.5. The molecule has 150 valence electrons. The van der Waals surface area contributed by atoms with Crippen LogP contribution in [0, 0.1) is 0 Å². The first-order valence-corrected chi connectivity index (χ1v) is 9.65. The third-order valence-corrected chi connectivity index (χ3v) is 5.56. The van der Waals surface area contributed by atoms with E-state index >= 15 is 0 Å². The highest BCUT2D eigenvalue weighted by Gasteiger charge is 2.41. The van der Waals surface area contributed by atoms with Crippen LogP contribution in [0.3, 0.4) is 0 Å². The molecule has 3 aliphatic heterocycles. The van der Waals surface area contributed by atoms with Crippen LogP contribution in [0.4, 0.5) is 0 Å². The van der Waals surface area contributed by atoms with Crippen molar-refractivity contribution >= 4 is 29.9 Å². The molecule has 0 radical (unpaired) electrons. The van der Waals surface area contributed by atoms with Crippen LogP contribution in [0.2, 0.25) is 0 Å². The van der Waals surface area contributed by atoms with Crippen LogP contribution in [0.25, 0.3) is 0 Å². The van der Waals surface area contributed by atoms with Crippen molar-refractivity contribution in [3.05, 3.63) is 23.8 Å². The van der Waals surface area contributed by atoms with Gasteiger partial charge in [0, 0.05) is 12.0 Å². The van der Waals surface area contributed by atoms with Crippen molar-refractivity contribution in [1.29, 1.82) is 0 Å². The molecule has 3 heterocycles. The maximum atomic E-state index is 5.95. The molecular formula is C20H30IN3O3. The third-order valence-electron chi connectivity index (χ3n) is 5.56. The first kappa shape index (κ1) is 20.5. The molecule has 2 bridgehead atoms. The Morgan fingerprint density at radius 1 is 1.22 bits per heavy atom. The first-order valence-electron chi connectivity index (χ1n) is 9.65. The number of benzene rings is 1. The average molecular weight is 487 g/mol. The van der Waals surface area contributed by atoms with Gasteiger partial charge in [-0.1, -0.05) is 19.9 Å². The predicted molar refractivity (Wildman–Crippen MR) is 116 cm³/mol. The van der Waals surface area contributed by atoms with E-state index in [0.717, 1.165) is 36.8 Å². The standard InChI is InChI=1S/C20H29N3O3.HI/c1-4-21-19(23-15-10-14-6-8-16(15)26-14)22-11-20(2,3)13-5-7-17-18(9-13)25-12-24-17;/h5,7,9,14-16H,4,6,8,10-12H2,1-3H3,(H2,21,22,23);1H. The minimum absolute atomic E-state index is 0. The Labute approximate surface area is 178 Å². The Bertz CT molecular complexity index is 695. The number of rotatable bonds is 5. The molecule has 0 spiro atoms. The molecule has 3 aliphatic rings. The minimum atomic E-state index is -0.103. The van der Waals surface area contributed by atoms with Gasteiger partial charge < -0.3 is 24.8 Å². The van der Waals surface area contributed by atoms with Crippen LogP contribution < -0.4 is 20.1 Å². The summed E-state index contributed by atoms with van der Waals surface area (Å²) in [5.41, 5.74) is 1.10. The lowest BCUT2D eigenvalue weighted by atomic mass is 9.84. The summed E-state index contributed by atoms with van der Waals surface area (Å²) in [4.78, 5) is 4.87. The van der Waals surface area contributed by atoms with Gasteiger partial charge in [0.2, 0.25) is 6.79 Å². The predicted octanol–water partition coefficient (Wildman–Crippen LogP) is 3.19. The van der Waals surface area contributed by atoms with Crippen molar-refractivity contribution in [2.24, 2.45) is 4.99 Å². The maximum Gasteiger partial charge on any atom is 0.231 e. The molecule has 2 N–H and O–H groups in total. The van der Waals surface area contributed by atoms with Crippen LogP contribution in [-0.2, 0) is 10.2 Å². The van der Waals surface area contributed by atoms with Crippen molar-refractivity contribution in [2.45, 2.75) is 63.7 Å². The third kappa shape index (κ3) is 4.45. The zero-order valence-electron chi connectivity index (χ0n) is 16.3. The lowest BCUT2D eigenvalue weighted by Gasteiger charge is -2.26. The van der Waals surface area contributed by atoms with Crippen LogP contribution in [0.5, 0.6) is 11.5 Å². The minimum Gasteiger partial charge on any atom is -0.454 e. The summed E-state index contributed by atoms with van der Waals surface area (Å²) in [7, 11) is 0. The highest BCUT2D eigenvalue weighted by Crippen LogP contribution is 2.37. The molecule has 0 amide bonds. The van der Waals surface area contributed by atoms with Gasteiger partial charge in [0.1, 0.15) is 0 Å². The second-order valence-electron chi connectivity index (χ2n) is 8.01. The highest BCUT2D eigenvalue weighted by atomic mass is 127. The summed E-state index contributed by atoms with van der Waals surface area (Å²) < 4.78 is 16.9. The van der Waals surface area contributed by atoms with Gasteiger partial charge >= 0.3 is 0 Å². The smallest absolute Gasteiger partial charge is 0.231 e. The molecule has 27 heavy (non-hydrogen) atoms. The Balaban J connectivity index is 0.00000210. The second kappa shape index (κ2) is 8.43. The monoisotopic (exact) mass is 487 g/mol. The van der Waals surface area contributed by atoms with Gasteiger partial charge in [-0.05, 0) is 43.9 Å². The molecule has 7 heteroatoms. The van der Waals surface area contributed by atoms with E-state index in [1.807, 2.05) is 6.07 Å². The Kier molecular flexibility index (Phi) is 6.40. The second-order valence-corrected chi connectivity index (χ2v) is 8.01. The van der Waals surface area contributed by atoms with Crippen molar-refractivity contribution in [2.75, 3.05) is 19.9 Å². The van der Waals surface area contributed by atoms with Crippen molar-refractivity contribution in [3.63, 3.8) is 0 Å². The summed E-state index contributed by atoms with van der Waals surface area (Å²) in [5, 5.41) is 6.96. The number of hydrogen-bond donors (Lipinski definition) is 2. The zero-order chi connectivity index (χ0) is 18.1. The fourth-order valence-corrected chi connectivity index (χ4v) is 3.97. The number of guanidine groups is 1. The van der Waals surface area contributed by atoms with E-state index in [4.69, 9.17) is 19.2 Å². The molecule has 1 aromatic rings. The van der Waals surface area contributed by atoms with Gasteiger partial charge in [0.15, 0.2) is 17.5 Å². The van der Waals surface area contributed by atoms with Crippen molar-refractivity contribution in [1.82, 2.24) is 10.6 Å². The SMILES string of the molecule is CCNC(=NCC(C)(C)c1ccc2c(c1)OCO2)NC1CC2CCC1O2.I. The number of nitrogens with one attached hydrogen (secondary N) is 2. The Morgan fingerprint density at radius 2 is 2.04 bits per heavy atom. The van der Waals surface area contributed by atoms with Crippen LogP contribution in [0.15, 0.2) is 23.2 Å². The van der Waals surface area contributed by atoms with E-state index in [1.165, 1.54) is 12.0 Å². The summed E-state index contributed by atoms with van der Waals surface area (Å²) in [6.07, 6.45) is 4.22. The van der Waals surface area contributed by atoms with Gasteiger partial charge in [-0.25, -0.2) is 0 Å². The Morgan fingerprint density at radius 3 is 2.74 bits per heavy atom. The molecule has 4 rings (SSSR count). The highest BCUT2D eigenvalue weighted by molar-refractivity contribution is 14.0. The van der Waals surface area contributed by atoms with Crippen molar-refractivity contribution in [3.8, 4) is 11.5 Å². The zero-order valence-corrected chi connectivity index (χ0v) is 18.6. The molecule has 0 aromatic heterocycles. The number of ether oxygens (including phenoxy) is 3. The van der Waals surface area contributed by atoms with Gasteiger partial charge in [0.05, 0.1) is 24.8 Å². The van der Waals surface area contributed by atoms with E-state index in [-0.39, 0.29) is 29.4 Å². The normalized spacial score (nSPS) is 26.0. The van der Waals surface area contributed by atoms with Gasteiger partial charge in [-0.15, -0.1) is 24.0 Å². The van der Waals surface area contributed by atoms with Crippen LogP contribution >= 0.6 is 24.0 Å². The largest absolute Gasteiger partial charge is 0.454 e. The Hall–Kier alpha value is -1.22. The molecule has 0 aliphatic carbocycles. The summed E-state index contributed by atoms with van der Waals surface area (Å²) in [6, 6.07) is 6.54. The summed E-state index contributed by atoms with van der Waals surface area (Å²) >= 11 is 0. The topological polar surface area (TPSA) is 64.1 Å². The number of aliphatic imine (C=N–C) groups is 1. The quantitative estimate of drug-likeness (QED) is 0.380. The molecule has 3 atom stereocenters. The fourth-order valence-electron chi connectivity index (χ4n) is 3.97. The lowest BCUT2D eigenvalue weighted by Crippen LogP contribution is -2.47. The van der Waals surface area contributed by atoms with Gasteiger partial charge in [0.25, 0.3) is 0 Å². The number of nitrogens with zero attached hydrogens (tertiary/aromatic N) is 1. The van der Waals surface area contributed by atoms with Crippen LogP contribution in [-0.4, -0.2) is 44.1 Å². The summed E-state index contributed by atoms with van der Waals surface area (Å²) in [6.45, 7) is 8.34. The van der Waals surface area contributed by atoms with Gasteiger partial charge in [-0.2, -0.15) is 0 Å².